The number of piperidine rings is 1. The molecule has 148 valence electrons. The van der Waals surface area contributed by atoms with Crippen molar-refractivity contribution in [3.8, 4) is 0 Å². The molecule has 1 fully saturated rings. The van der Waals surface area contributed by atoms with E-state index in [0.29, 0.717) is 43.8 Å². The minimum Gasteiger partial charge on any atom is -0.481 e. The molecule has 2 amide bonds. The second-order valence-electron chi connectivity index (χ2n) is 6.84. The average Bonchev–Trinajstić information content (AvgIpc) is 2.68. The summed E-state index contributed by atoms with van der Waals surface area (Å²) in [4.78, 5) is 37.3. The Hall–Kier alpha value is -2.41. The van der Waals surface area contributed by atoms with E-state index >= 15 is 0 Å². The number of carboxylic acid groups (broad SMARTS) is 1. The summed E-state index contributed by atoms with van der Waals surface area (Å²) in [6, 6.07) is 6.72. The molecule has 1 aliphatic rings. The van der Waals surface area contributed by atoms with Gasteiger partial charge in [-0.25, -0.2) is 0 Å². The predicted octanol–water partition coefficient (Wildman–Crippen LogP) is 2.77. The lowest BCUT2D eigenvalue weighted by Gasteiger charge is -2.30. The topological polar surface area (TPSA) is 95.9 Å². The van der Waals surface area contributed by atoms with Crippen LogP contribution in [0.3, 0.4) is 0 Å². The van der Waals surface area contributed by atoms with Crippen LogP contribution in [0.5, 0.6) is 0 Å². The van der Waals surface area contributed by atoms with Gasteiger partial charge in [-0.3, -0.25) is 14.4 Å². The van der Waals surface area contributed by atoms with Gasteiger partial charge < -0.3 is 20.1 Å². The Morgan fingerprint density at radius 1 is 1.22 bits per heavy atom. The number of benzene rings is 1. The van der Waals surface area contributed by atoms with Gasteiger partial charge in [-0.1, -0.05) is 13.3 Å². The molecule has 1 aromatic rings. The van der Waals surface area contributed by atoms with Crippen molar-refractivity contribution in [1.29, 1.82) is 0 Å². The largest absolute Gasteiger partial charge is 0.481 e. The molecule has 0 bridgehead atoms. The Labute approximate surface area is 159 Å². The first-order chi connectivity index (χ1) is 12.9. The van der Waals surface area contributed by atoms with Gasteiger partial charge in [0.05, 0.1) is 5.92 Å². The van der Waals surface area contributed by atoms with E-state index in [-0.39, 0.29) is 17.7 Å². The van der Waals surface area contributed by atoms with Crippen LogP contribution in [0.25, 0.3) is 0 Å². The van der Waals surface area contributed by atoms with Crippen LogP contribution < -0.4 is 5.32 Å². The highest BCUT2D eigenvalue weighted by Crippen LogP contribution is 2.20. The fourth-order valence-corrected chi connectivity index (χ4v) is 2.93. The van der Waals surface area contributed by atoms with E-state index in [9.17, 15) is 14.4 Å². The van der Waals surface area contributed by atoms with Crippen molar-refractivity contribution in [2.75, 3.05) is 25.0 Å². The summed E-state index contributed by atoms with van der Waals surface area (Å²) >= 11 is 0. The van der Waals surface area contributed by atoms with Crippen LogP contribution >= 0.6 is 0 Å². The van der Waals surface area contributed by atoms with Gasteiger partial charge in [-0.15, -0.1) is 0 Å². The second-order valence-corrected chi connectivity index (χ2v) is 6.84. The zero-order chi connectivity index (χ0) is 19.8. The van der Waals surface area contributed by atoms with Crippen LogP contribution in [-0.4, -0.2) is 53.6 Å². The monoisotopic (exact) mass is 376 g/mol. The summed E-state index contributed by atoms with van der Waals surface area (Å²) < 4.78 is 5.47. The van der Waals surface area contributed by atoms with Crippen molar-refractivity contribution in [2.24, 2.45) is 5.92 Å². The van der Waals surface area contributed by atoms with E-state index in [0.717, 1.165) is 12.8 Å². The first kappa shape index (κ1) is 20.9. The predicted molar refractivity (Wildman–Crippen MR) is 102 cm³/mol. The van der Waals surface area contributed by atoms with Crippen molar-refractivity contribution < 1.29 is 24.2 Å². The van der Waals surface area contributed by atoms with E-state index in [1.165, 1.54) is 0 Å². The molecule has 1 saturated heterocycles. The molecule has 0 spiro atoms. The number of likely N-dealkylation sites (tertiary alicyclic amines) is 1. The van der Waals surface area contributed by atoms with Crippen molar-refractivity contribution in [3.05, 3.63) is 29.8 Å². The summed E-state index contributed by atoms with van der Waals surface area (Å²) in [5.41, 5.74) is 1.13. The van der Waals surface area contributed by atoms with Gasteiger partial charge in [0, 0.05) is 30.9 Å². The third-order valence-electron chi connectivity index (χ3n) is 4.77. The Morgan fingerprint density at radius 2 is 1.85 bits per heavy atom. The summed E-state index contributed by atoms with van der Waals surface area (Å²) in [7, 11) is 0. The van der Waals surface area contributed by atoms with E-state index in [4.69, 9.17) is 9.84 Å². The Bertz CT molecular complexity index is 651. The highest BCUT2D eigenvalue weighted by Gasteiger charge is 2.27. The number of carboxylic acids is 1. The van der Waals surface area contributed by atoms with E-state index in [1.807, 2.05) is 0 Å². The number of hydrogen-bond donors (Lipinski definition) is 2. The minimum absolute atomic E-state index is 0.118. The molecule has 0 aromatic heterocycles. The molecule has 1 aliphatic heterocycles. The van der Waals surface area contributed by atoms with Crippen LogP contribution in [0.4, 0.5) is 5.69 Å². The molecule has 1 heterocycles. The third kappa shape index (κ3) is 6.06. The lowest BCUT2D eigenvalue weighted by molar-refractivity contribution is -0.143. The minimum atomic E-state index is -0.796. The lowest BCUT2D eigenvalue weighted by atomic mass is 9.96. The fraction of sp³-hybridized carbons (Fsp3) is 0.550. The normalized spacial score (nSPS) is 16.0. The smallest absolute Gasteiger partial charge is 0.306 e. The molecular weight excluding hydrogens is 348 g/mol. The molecule has 1 aromatic carbocycles. The van der Waals surface area contributed by atoms with Gasteiger partial charge in [-0.05, 0) is 50.5 Å². The Morgan fingerprint density at radius 3 is 2.41 bits per heavy atom. The molecular formula is C20H28N2O5. The van der Waals surface area contributed by atoms with E-state index in [1.54, 1.807) is 36.1 Å². The van der Waals surface area contributed by atoms with E-state index < -0.39 is 12.1 Å². The zero-order valence-corrected chi connectivity index (χ0v) is 15.9. The first-order valence-corrected chi connectivity index (χ1v) is 9.47. The number of aliphatic carboxylic acids is 1. The Kier molecular flexibility index (Phi) is 7.79. The van der Waals surface area contributed by atoms with Gasteiger partial charge in [-0.2, -0.15) is 0 Å². The van der Waals surface area contributed by atoms with Crippen molar-refractivity contribution >= 4 is 23.5 Å². The average molecular weight is 376 g/mol. The molecule has 2 N–H and O–H groups in total. The number of amides is 2. The summed E-state index contributed by atoms with van der Waals surface area (Å²) in [5.74, 6) is -1.50. The van der Waals surface area contributed by atoms with E-state index in [2.05, 4.69) is 12.2 Å². The maximum atomic E-state index is 12.5. The van der Waals surface area contributed by atoms with Gasteiger partial charge in [0.2, 0.25) is 0 Å². The molecule has 27 heavy (non-hydrogen) atoms. The standard InChI is InChI=1S/C20H28N2O5/c1-3-4-13-27-14(2)18(23)21-17-7-5-15(6-8-17)19(24)22-11-9-16(10-12-22)20(25)26/h5-8,14,16H,3-4,9-13H2,1-2H3,(H,21,23)(H,25,26). The highest BCUT2D eigenvalue weighted by molar-refractivity contribution is 5.96. The number of anilines is 1. The molecule has 1 unspecified atom stereocenters. The molecule has 7 heteroatoms. The number of carbonyl (C=O) groups is 3. The third-order valence-corrected chi connectivity index (χ3v) is 4.77. The molecule has 1 atom stereocenters. The SMILES string of the molecule is CCCCOC(C)C(=O)Nc1ccc(C(=O)N2CCC(C(=O)O)CC2)cc1. The van der Waals surface area contributed by atoms with Gasteiger partial charge in [0.15, 0.2) is 0 Å². The number of rotatable bonds is 8. The highest BCUT2D eigenvalue weighted by atomic mass is 16.5. The fourth-order valence-electron chi connectivity index (χ4n) is 2.93. The first-order valence-electron chi connectivity index (χ1n) is 9.47. The van der Waals surface area contributed by atoms with Crippen molar-refractivity contribution in [3.63, 3.8) is 0 Å². The summed E-state index contributed by atoms with van der Waals surface area (Å²) in [6.07, 6.45) is 2.35. The van der Waals surface area contributed by atoms with Crippen LogP contribution in [0.15, 0.2) is 24.3 Å². The maximum absolute atomic E-state index is 12.5. The van der Waals surface area contributed by atoms with Crippen LogP contribution in [-0.2, 0) is 14.3 Å². The molecule has 2 rings (SSSR count). The quantitative estimate of drug-likeness (QED) is 0.680. The van der Waals surface area contributed by atoms with Crippen LogP contribution in [0.2, 0.25) is 0 Å². The lowest BCUT2D eigenvalue weighted by Crippen LogP contribution is -2.40. The number of nitrogens with one attached hydrogen (secondary N) is 1. The van der Waals surface area contributed by atoms with Gasteiger partial charge >= 0.3 is 5.97 Å². The number of ether oxygens (including phenoxy) is 1. The maximum Gasteiger partial charge on any atom is 0.306 e. The number of hydrogen-bond acceptors (Lipinski definition) is 4. The molecule has 0 aliphatic carbocycles. The summed E-state index contributed by atoms with van der Waals surface area (Å²) in [5, 5.41) is 11.8. The molecule has 0 radical (unpaired) electrons. The number of nitrogens with zero attached hydrogens (tertiary/aromatic N) is 1. The second kappa shape index (κ2) is 10.1. The van der Waals surface area contributed by atoms with Crippen LogP contribution in [0, 0.1) is 5.92 Å². The van der Waals surface area contributed by atoms with Gasteiger partial charge in [0.1, 0.15) is 6.10 Å². The molecule has 7 nitrogen and oxygen atoms in total. The number of unbranched alkanes of at least 4 members (excludes halogenated alkanes) is 1. The number of carbonyl (C=O) groups excluding carboxylic acids is 2. The Balaban J connectivity index is 1.86. The van der Waals surface area contributed by atoms with Gasteiger partial charge in [0.25, 0.3) is 11.8 Å². The van der Waals surface area contributed by atoms with Crippen molar-refractivity contribution in [1.82, 2.24) is 4.90 Å². The van der Waals surface area contributed by atoms with Crippen molar-refractivity contribution in [2.45, 2.75) is 45.6 Å². The van der Waals surface area contributed by atoms with Crippen LogP contribution in [0.1, 0.15) is 49.9 Å². The molecule has 0 saturated carbocycles. The summed E-state index contributed by atoms with van der Waals surface area (Å²) in [6.45, 7) is 5.22. The zero-order valence-electron chi connectivity index (χ0n) is 15.9.